The molecular weight excluding hydrogens is 481 g/mol. The van der Waals surface area contributed by atoms with Gasteiger partial charge in [0.05, 0.1) is 26.9 Å². The lowest BCUT2D eigenvalue weighted by Gasteiger charge is -2.11. The lowest BCUT2D eigenvalue weighted by Crippen LogP contribution is -2.28. The molecule has 0 fully saturated rings. The molecule has 0 aliphatic heterocycles. The number of ether oxygens (including phenoxy) is 4. The summed E-state index contributed by atoms with van der Waals surface area (Å²) in [5, 5.41) is 12.7. The molecule has 0 radical (unpaired) electrons. The monoisotopic (exact) mass is 503 g/mol. The second kappa shape index (κ2) is 10.1. The van der Waals surface area contributed by atoms with E-state index in [1.54, 1.807) is 37.4 Å². The average Bonchev–Trinajstić information content (AvgIpc) is 3.29. The van der Waals surface area contributed by atoms with E-state index in [2.05, 4.69) is 20.0 Å². The predicted molar refractivity (Wildman–Crippen MR) is 123 cm³/mol. The number of rotatable bonds is 10. The lowest BCUT2D eigenvalue weighted by molar-refractivity contribution is 0.305. The fourth-order valence-electron chi connectivity index (χ4n) is 3.28. The van der Waals surface area contributed by atoms with E-state index in [4.69, 9.17) is 18.9 Å². The van der Waals surface area contributed by atoms with Gasteiger partial charge in [-0.05, 0) is 42.5 Å². The Morgan fingerprint density at radius 1 is 0.943 bits per heavy atom. The van der Waals surface area contributed by atoms with Gasteiger partial charge in [0.1, 0.15) is 34.6 Å². The highest BCUT2D eigenvalue weighted by Crippen LogP contribution is 2.32. The SMILES string of the molecule is COc1ccc(OC)c(-c2nnc3ccc(OCCNS(=O)(=O)c4cc(F)ccc4OC)nn23)c1. The number of hydrogen-bond acceptors (Lipinski definition) is 9. The molecular formula is C22H22FN5O6S. The van der Waals surface area contributed by atoms with Crippen LogP contribution in [0.5, 0.6) is 23.1 Å². The molecule has 13 heteroatoms. The molecule has 0 aliphatic rings. The number of aromatic nitrogens is 4. The van der Waals surface area contributed by atoms with Crippen molar-refractivity contribution in [3.05, 3.63) is 54.3 Å². The Kier molecular flexibility index (Phi) is 6.98. The molecule has 4 aromatic rings. The van der Waals surface area contributed by atoms with Crippen molar-refractivity contribution in [2.45, 2.75) is 4.90 Å². The van der Waals surface area contributed by atoms with Crippen molar-refractivity contribution in [3.8, 4) is 34.5 Å². The molecule has 0 spiro atoms. The van der Waals surface area contributed by atoms with Crippen molar-refractivity contribution < 1.29 is 31.8 Å². The van der Waals surface area contributed by atoms with Gasteiger partial charge < -0.3 is 18.9 Å². The van der Waals surface area contributed by atoms with Gasteiger partial charge in [-0.1, -0.05) is 0 Å². The van der Waals surface area contributed by atoms with Gasteiger partial charge in [-0.15, -0.1) is 15.3 Å². The summed E-state index contributed by atoms with van der Waals surface area (Å²) < 4.78 is 63.9. The standard InChI is InChI=1S/C22H22FN5O6S/c1-31-15-5-7-17(32-2)16(13-15)22-26-25-20-8-9-21(27-28(20)22)34-11-10-24-35(29,30)19-12-14(23)4-6-18(19)33-3/h4-9,12-13,24H,10-11H2,1-3H3. The third kappa shape index (κ3) is 5.10. The minimum atomic E-state index is -4.03. The minimum Gasteiger partial charge on any atom is -0.497 e. The first-order valence-corrected chi connectivity index (χ1v) is 11.8. The summed E-state index contributed by atoms with van der Waals surface area (Å²) in [5.74, 6) is 1.10. The number of halogens is 1. The largest absolute Gasteiger partial charge is 0.497 e. The normalized spacial score (nSPS) is 11.4. The van der Waals surface area contributed by atoms with Crippen LogP contribution in [-0.4, -0.2) is 62.7 Å². The van der Waals surface area contributed by atoms with E-state index in [1.807, 2.05) is 0 Å². The van der Waals surface area contributed by atoms with Crippen LogP contribution in [0.2, 0.25) is 0 Å². The Hall–Kier alpha value is -3.97. The third-order valence-electron chi connectivity index (χ3n) is 4.95. The molecule has 0 bridgehead atoms. The maximum absolute atomic E-state index is 13.6. The van der Waals surface area contributed by atoms with Gasteiger partial charge in [-0.25, -0.2) is 17.5 Å². The zero-order valence-electron chi connectivity index (χ0n) is 19.1. The van der Waals surface area contributed by atoms with E-state index in [0.29, 0.717) is 28.5 Å². The van der Waals surface area contributed by atoms with Crippen LogP contribution in [0.4, 0.5) is 4.39 Å². The van der Waals surface area contributed by atoms with Crippen molar-refractivity contribution in [3.63, 3.8) is 0 Å². The molecule has 2 aromatic carbocycles. The van der Waals surface area contributed by atoms with Gasteiger partial charge in [0.25, 0.3) is 0 Å². The topological polar surface area (TPSA) is 126 Å². The number of methoxy groups -OCH3 is 3. The molecule has 184 valence electrons. The van der Waals surface area contributed by atoms with Gasteiger partial charge in [-0.2, -0.15) is 4.52 Å². The summed E-state index contributed by atoms with van der Waals surface area (Å²) in [6, 6.07) is 11.7. The van der Waals surface area contributed by atoms with Crippen molar-refractivity contribution in [2.24, 2.45) is 0 Å². The Labute approximate surface area is 200 Å². The van der Waals surface area contributed by atoms with Crippen molar-refractivity contribution in [1.29, 1.82) is 0 Å². The zero-order chi connectivity index (χ0) is 25.0. The Balaban J connectivity index is 1.49. The maximum atomic E-state index is 13.6. The second-order valence-electron chi connectivity index (χ2n) is 7.07. The first kappa shape index (κ1) is 24.2. The van der Waals surface area contributed by atoms with Crippen LogP contribution in [0.25, 0.3) is 17.0 Å². The van der Waals surface area contributed by atoms with Crippen LogP contribution in [0.1, 0.15) is 0 Å². The smallest absolute Gasteiger partial charge is 0.244 e. The molecule has 35 heavy (non-hydrogen) atoms. The van der Waals surface area contributed by atoms with Crippen LogP contribution in [0.15, 0.2) is 53.4 Å². The highest BCUT2D eigenvalue weighted by molar-refractivity contribution is 7.89. The van der Waals surface area contributed by atoms with Crippen LogP contribution < -0.4 is 23.7 Å². The van der Waals surface area contributed by atoms with E-state index < -0.39 is 15.8 Å². The van der Waals surface area contributed by atoms with Crippen LogP contribution in [0.3, 0.4) is 0 Å². The van der Waals surface area contributed by atoms with Gasteiger partial charge in [0.2, 0.25) is 15.9 Å². The van der Waals surface area contributed by atoms with E-state index in [9.17, 15) is 12.8 Å². The Morgan fingerprint density at radius 2 is 1.71 bits per heavy atom. The minimum absolute atomic E-state index is 0.0278. The summed E-state index contributed by atoms with van der Waals surface area (Å²) in [4.78, 5) is -0.305. The van der Waals surface area contributed by atoms with E-state index >= 15 is 0 Å². The molecule has 0 saturated carbocycles. The van der Waals surface area contributed by atoms with Crippen molar-refractivity contribution in [2.75, 3.05) is 34.5 Å². The molecule has 11 nitrogen and oxygen atoms in total. The number of nitrogens with one attached hydrogen (secondary N) is 1. The number of benzene rings is 2. The van der Waals surface area contributed by atoms with Crippen molar-refractivity contribution in [1.82, 2.24) is 24.5 Å². The summed E-state index contributed by atoms with van der Waals surface area (Å²) >= 11 is 0. The highest BCUT2D eigenvalue weighted by Gasteiger charge is 2.20. The molecule has 4 rings (SSSR count). The summed E-state index contributed by atoms with van der Waals surface area (Å²) in [7, 11) is 0.365. The molecule has 2 aromatic heterocycles. The van der Waals surface area contributed by atoms with Gasteiger partial charge in [0.15, 0.2) is 11.5 Å². The number of fused-ring (bicyclic) bond motifs is 1. The van der Waals surface area contributed by atoms with Crippen LogP contribution >= 0.6 is 0 Å². The molecule has 0 aliphatic carbocycles. The third-order valence-corrected chi connectivity index (χ3v) is 6.43. The second-order valence-corrected chi connectivity index (χ2v) is 8.81. The van der Waals surface area contributed by atoms with Crippen LogP contribution in [-0.2, 0) is 10.0 Å². The zero-order valence-corrected chi connectivity index (χ0v) is 19.9. The first-order valence-electron chi connectivity index (χ1n) is 10.3. The molecule has 0 unspecified atom stereocenters. The Morgan fingerprint density at radius 3 is 2.46 bits per heavy atom. The molecule has 0 amide bonds. The molecule has 0 saturated heterocycles. The van der Waals surface area contributed by atoms with Crippen molar-refractivity contribution >= 4 is 15.7 Å². The van der Waals surface area contributed by atoms with Gasteiger partial charge in [0, 0.05) is 12.6 Å². The van der Waals surface area contributed by atoms with Crippen LogP contribution in [0, 0.1) is 5.82 Å². The maximum Gasteiger partial charge on any atom is 0.244 e. The van der Waals surface area contributed by atoms with Gasteiger partial charge >= 0.3 is 0 Å². The lowest BCUT2D eigenvalue weighted by atomic mass is 10.2. The fraction of sp³-hybridized carbons (Fsp3) is 0.227. The van der Waals surface area contributed by atoms with E-state index in [0.717, 1.165) is 12.1 Å². The molecule has 2 heterocycles. The first-order chi connectivity index (χ1) is 16.9. The number of sulfonamides is 1. The van der Waals surface area contributed by atoms with Gasteiger partial charge in [-0.3, -0.25) is 0 Å². The Bertz CT molecular complexity index is 1460. The number of hydrogen-bond donors (Lipinski definition) is 1. The summed E-state index contributed by atoms with van der Waals surface area (Å²) in [6.45, 7) is -0.143. The molecule has 0 atom stereocenters. The molecule has 1 N–H and O–H groups in total. The predicted octanol–water partition coefficient (Wildman–Crippen LogP) is 2.31. The van der Waals surface area contributed by atoms with E-state index in [-0.39, 0.29) is 29.7 Å². The quantitative estimate of drug-likeness (QED) is 0.324. The summed E-state index contributed by atoms with van der Waals surface area (Å²) in [6.07, 6.45) is 0. The van der Waals surface area contributed by atoms with E-state index in [1.165, 1.54) is 24.8 Å². The highest BCUT2D eigenvalue weighted by atomic mass is 32.2. The summed E-state index contributed by atoms with van der Waals surface area (Å²) in [5.41, 5.74) is 1.08. The average molecular weight is 504 g/mol. The fourth-order valence-corrected chi connectivity index (χ4v) is 4.47. The number of nitrogens with zero attached hydrogens (tertiary/aromatic N) is 4.